The quantitative estimate of drug-likeness (QED) is 0.608. The monoisotopic (exact) mass is 382 g/mol. The van der Waals surface area contributed by atoms with Crippen molar-refractivity contribution in [3.8, 4) is 0 Å². The summed E-state index contributed by atoms with van der Waals surface area (Å²) in [5.41, 5.74) is 0.706. The highest BCUT2D eigenvalue weighted by molar-refractivity contribution is 5.88. The molecule has 1 saturated carbocycles. The summed E-state index contributed by atoms with van der Waals surface area (Å²) in [6.45, 7) is 4.28. The molecule has 0 unspecified atom stereocenters. The molecule has 10 nitrogen and oxygen atoms in total. The van der Waals surface area contributed by atoms with Crippen LogP contribution in [0.2, 0.25) is 0 Å². The van der Waals surface area contributed by atoms with Gasteiger partial charge in [0.05, 0.1) is 0 Å². The number of aromatic nitrogens is 5. The van der Waals surface area contributed by atoms with Gasteiger partial charge in [-0.2, -0.15) is 10.1 Å². The number of anilines is 3. The second-order valence-electron chi connectivity index (χ2n) is 7.47. The number of rotatable bonds is 4. The lowest BCUT2D eigenvalue weighted by molar-refractivity contribution is -0.142. The van der Waals surface area contributed by atoms with Crippen LogP contribution >= 0.6 is 0 Å². The van der Waals surface area contributed by atoms with Gasteiger partial charge >= 0.3 is 0 Å². The zero-order valence-corrected chi connectivity index (χ0v) is 15.6. The lowest BCUT2D eigenvalue weighted by Crippen LogP contribution is -2.52. The van der Waals surface area contributed by atoms with E-state index in [9.17, 15) is 9.90 Å². The van der Waals surface area contributed by atoms with Crippen molar-refractivity contribution < 1.29 is 9.90 Å². The second kappa shape index (κ2) is 6.20. The minimum absolute atomic E-state index is 0.148. The maximum absolute atomic E-state index is 12.3. The molecule has 1 saturated heterocycles. The SMILES string of the molecule is Cc1cc(Nc2nc(N3CCN(C(=O)C4(O)CC4)CC3)nn3cccc23)n[nH]1. The van der Waals surface area contributed by atoms with E-state index in [1.165, 1.54) is 0 Å². The predicted molar refractivity (Wildman–Crippen MR) is 103 cm³/mol. The molecule has 0 bridgehead atoms. The van der Waals surface area contributed by atoms with Crippen molar-refractivity contribution in [3.63, 3.8) is 0 Å². The number of aryl methyl sites for hydroxylation is 1. The number of aliphatic hydroxyl groups is 1. The van der Waals surface area contributed by atoms with Crippen LogP contribution in [0.25, 0.3) is 5.52 Å². The largest absolute Gasteiger partial charge is 0.380 e. The van der Waals surface area contributed by atoms with E-state index in [4.69, 9.17) is 4.98 Å². The molecule has 0 radical (unpaired) electrons. The van der Waals surface area contributed by atoms with Crippen molar-refractivity contribution in [3.05, 3.63) is 30.1 Å². The van der Waals surface area contributed by atoms with E-state index in [0.717, 1.165) is 11.2 Å². The molecule has 146 valence electrons. The van der Waals surface area contributed by atoms with Gasteiger partial charge in [-0.25, -0.2) is 4.52 Å². The van der Waals surface area contributed by atoms with Gasteiger partial charge in [-0.05, 0) is 31.9 Å². The number of piperazine rings is 1. The molecule has 10 heteroatoms. The highest BCUT2D eigenvalue weighted by Gasteiger charge is 2.50. The highest BCUT2D eigenvalue weighted by atomic mass is 16.3. The van der Waals surface area contributed by atoms with Gasteiger partial charge < -0.3 is 20.2 Å². The molecule has 4 heterocycles. The van der Waals surface area contributed by atoms with Gasteiger partial charge in [0.1, 0.15) is 11.1 Å². The lowest BCUT2D eigenvalue weighted by Gasteiger charge is -2.35. The average Bonchev–Trinajstić information content (AvgIpc) is 3.09. The van der Waals surface area contributed by atoms with Crippen LogP contribution in [0.15, 0.2) is 24.4 Å². The number of carbonyl (C=O) groups is 1. The molecule has 3 N–H and O–H groups in total. The number of nitrogens with one attached hydrogen (secondary N) is 2. The topological polar surface area (TPSA) is 115 Å². The minimum Gasteiger partial charge on any atom is -0.380 e. The van der Waals surface area contributed by atoms with Crippen LogP contribution in [0.1, 0.15) is 18.5 Å². The Bertz CT molecular complexity index is 1030. The molecule has 5 rings (SSSR count). The number of hydrogen-bond acceptors (Lipinski definition) is 7. The number of aromatic amines is 1. The van der Waals surface area contributed by atoms with Gasteiger partial charge in [0.25, 0.3) is 5.91 Å². The molecule has 0 spiro atoms. The van der Waals surface area contributed by atoms with E-state index in [2.05, 4.69) is 25.5 Å². The molecule has 1 aliphatic carbocycles. The number of H-pyrrole nitrogens is 1. The molecule has 3 aromatic heterocycles. The third kappa shape index (κ3) is 2.95. The van der Waals surface area contributed by atoms with Crippen LogP contribution in [0.5, 0.6) is 0 Å². The fourth-order valence-corrected chi connectivity index (χ4v) is 3.49. The number of carbonyl (C=O) groups excluding carboxylic acids is 1. The first-order chi connectivity index (χ1) is 13.5. The van der Waals surface area contributed by atoms with E-state index in [-0.39, 0.29) is 5.91 Å². The van der Waals surface area contributed by atoms with E-state index in [0.29, 0.717) is 56.6 Å². The Hall–Kier alpha value is -3.14. The number of hydrogen-bond donors (Lipinski definition) is 3. The Morgan fingerprint density at radius 2 is 2.07 bits per heavy atom. The number of fused-ring (bicyclic) bond motifs is 1. The smallest absolute Gasteiger partial charge is 0.254 e. The number of nitrogens with zero attached hydrogens (tertiary/aromatic N) is 6. The summed E-state index contributed by atoms with van der Waals surface area (Å²) < 4.78 is 1.79. The van der Waals surface area contributed by atoms with Crippen LogP contribution in [0, 0.1) is 6.92 Å². The van der Waals surface area contributed by atoms with Gasteiger partial charge in [0.2, 0.25) is 5.95 Å². The predicted octanol–water partition coefficient (Wildman–Crippen LogP) is 0.678. The second-order valence-corrected chi connectivity index (χ2v) is 7.47. The van der Waals surface area contributed by atoms with Crippen molar-refractivity contribution in [2.45, 2.75) is 25.4 Å². The van der Waals surface area contributed by atoms with E-state index >= 15 is 0 Å². The van der Waals surface area contributed by atoms with Gasteiger partial charge in [0.15, 0.2) is 11.6 Å². The summed E-state index contributed by atoms with van der Waals surface area (Å²) in [5.74, 6) is 1.81. The molecule has 0 aromatic carbocycles. The van der Waals surface area contributed by atoms with Crippen molar-refractivity contribution in [1.29, 1.82) is 0 Å². The summed E-state index contributed by atoms with van der Waals surface area (Å²) in [6.07, 6.45) is 3.02. The summed E-state index contributed by atoms with van der Waals surface area (Å²) >= 11 is 0. The lowest BCUT2D eigenvalue weighted by atomic mass is 10.2. The zero-order chi connectivity index (χ0) is 19.3. The Balaban J connectivity index is 1.37. The van der Waals surface area contributed by atoms with Gasteiger partial charge in [-0.1, -0.05) is 0 Å². The van der Waals surface area contributed by atoms with Crippen LogP contribution in [-0.4, -0.2) is 72.5 Å². The first-order valence-corrected chi connectivity index (χ1v) is 9.43. The van der Waals surface area contributed by atoms with Crippen LogP contribution < -0.4 is 10.2 Å². The first kappa shape index (κ1) is 17.0. The molecule has 28 heavy (non-hydrogen) atoms. The third-order valence-corrected chi connectivity index (χ3v) is 5.30. The van der Waals surface area contributed by atoms with Crippen molar-refractivity contribution in [2.75, 3.05) is 36.4 Å². The standard InChI is InChI=1S/C18H22N8O2/c1-12-11-14(22-21-12)19-15-13-3-2-6-26(13)23-17(20-15)25-9-7-24(8-10-25)16(27)18(28)4-5-18/h2-3,6,11,28H,4-5,7-10H2,1H3,(H2,19,20,21,22,23). The van der Waals surface area contributed by atoms with E-state index in [1.807, 2.05) is 31.3 Å². The first-order valence-electron chi connectivity index (χ1n) is 9.43. The summed E-state index contributed by atoms with van der Waals surface area (Å²) in [4.78, 5) is 20.8. The minimum atomic E-state index is -1.11. The fourth-order valence-electron chi connectivity index (χ4n) is 3.49. The Labute approximate surface area is 161 Å². The molecule has 1 amide bonds. The Morgan fingerprint density at radius 1 is 1.29 bits per heavy atom. The van der Waals surface area contributed by atoms with Gasteiger partial charge in [0, 0.05) is 44.1 Å². The number of amides is 1. The van der Waals surface area contributed by atoms with E-state index < -0.39 is 5.60 Å². The molecular formula is C18H22N8O2. The summed E-state index contributed by atoms with van der Waals surface area (Å²) in [6, 6.07) is 5.77. The summed E-state index contributed by atoms with van der Waals surface area (Å²) in [7, 11) is 0. The van der Waals surface area contributed by atoms with Gasteiger partial charge in [-0.15, -0.1) is 5.10 Å². The zero-order valence-electron chi connectivity index (χ0n) is 15.6. The Kier molecular flexibility index (Phi) is 3.76. The molecule has 3 aromatic rings. The molecule has 2 aliphatic rings. The maximum atomic E-state index is 12.3. The van der Waals surface area contributed by atoms with Crippen LogP contribution in [0.3, 0.4) is 0 Å². The molecule has 1 aliphatic heterocycles. The van der Waals surface area contributed by atoms with Crippen LogP contribution in [-0.2, 0) is 4.79 Å². The van der Waals surface area contributed by atoms with Crippen molar-refractivity contribution >= 4 is 29.0 Å². The Morgan fingerprint density at radius 3 is 2.75 bits per heavy atom. The molecule has 0 atom stereocenters. The fraction of sp³-hybridized carbons (Fsp3) is 0.444. The third-order valence-electron chi connectivity index (χ3n) is 5.30. The van der Waals surface area contributed by atoms with Crippen molar-refractivity contribution in [1.82, 2.24) is 29.7 Å². The normalized spacial score (nSPS) is 18.5. The molecular weight excluding hydrogens is 360 g/mol. The highest BCUT2D eigenvalue weighted by Crippen LogP contribution is 2.37. The summed E-state index contributed by atoms with van der Waals surface area (Å²) in [5, 5.41) is 25.0. The van der Waals surface area contributed by atoms with Crippen LogP contribution in [0.4, 0.5) is 17.6 Å². The molecule has 2 fully saturated rings. The van der Waals surface area contributed by atoms with Gasteiger partial charge in [-0.3, -0.25) is 9.89 Å². The van der Waals surface area contributed by atoms with E-state index in [1.54, 1.807) is 9.42 Å². The maximum Gasteiger partial charge on any atom is 0.254 e. The van der Waals surface area contributed by atoms with Crippen molar-refractivity contribution in [2.24, 2.45) is 0 Å². The average molecular weight is 382 g/mol.